The Bertz CT molecular complexity index is 922. The van der Waals surface area contributed by atoms with Gasteiger partial charge >= 0.3 is 6.09 Å². The number of likely N-dealkylation sites (tertiary alicyclic amines) is 1. The maximum Gasteiger partial charge on any atom is 0.414 e. The molecule has 1 atom stereocenters. The third-order valence-electron chi connectivity index (χ3n) is 5.10. The smallest absolute Gasteiger partial charge is 0.414 e. The van der Waals surface area contributed by atoms with Crippen LogP contribution in [0.25, 0.3) is 0 Å². The predicted octanol–water partition coefficient (Wildman–Crippen LogP) is 3.33. The van der Waals surface area contributed by atoms with E-state index in [-0.39, 0.29) is 28.8 Å². The monoisotopic (exact) mass is 403 g/mol. The number of carbonyl (C=O) groups is 2. The quantitative estimate of drug-likeness (QED) is 0.843. The molecule has 2 amide bonds. The fourth-order valence-corrected chi connectivity index (χ4v) is 3.66. The SMILES string of the molecule is Cc1c(C(=O)N2CC(c3cnn(C)c3)C(C)(C)C2)noc1NC(=O)OC(C)(C)C. The lowest BCUT2D eigenvalue weighted by molar-refractivity contribution is 0.0631. The lowest BCUT2D eigenvalue weighted by atomic mass is 9.79. The second kappa shape index (κ2) is 7.20. The lowest BCUT2D eigenvalue weighted by Gasteiger charge is -2.24. The minimum Gasteiger partial charge on any atom is -0.444 e. The molecule has 158 valence electrons. The first-order chi connectivity index (χ1) is 13.4. The standard InChI is InChI=1S/C20H29N5O4/c1-12-15(23-29-16(12)22-18(27)28-19(2,3)4)17(26)25-10-14(20(5,6)11-25)13-8-21-24(7)9-13/h8-9,14H,10-11H2,1-7H3,(H,22,27). The number of rotatable bonds is 3. The van der Waals surface area contributed by atoms with Crippen LogP contribution < -0.4 is 5.32 Å². The normalized spacial score (nSPS) is 18.7. The van der Waals surface area contributed by atoms with Gasteiger partial charge in [-0.2, -0.15) is 5.10 Å². The summed E-state index contributed by atoms with van der Waals surface area (Å²) >= 11 is 0. The maximum absolute atomic E-state index is 13.1. The van der Waals surface area contributed by atoms with Crippen molar-refractivity contribution in [3.8, 4) is 0 Å². The van der Waals surface area contributed by atoms with Gasteiger partial charge in [0.05, 0.1) is 6.20 Å². The summed E-state index contributed by atoms with van der Waals surface area (Å²) in [4.78, 5) is 26.9. The average molecular weight is 403 g/mol. The number of hydrogen-bond donors (Lipinski definition) is 1. The van der Waals surface area contributed by atoms with E-state index in [4.69, 9.17) is 9.26 Å². The van der Waals surface area contributed by atoms with Crippen molar-refractivity contribution in [3.05, 3.63) is 29.2 Å². The van der Waals surface area contributed by atoms with Gasteiger partial charge in [0.25, 0.3) is 5.91 Å². The molecule has 0 spiro atoms. The molecule has 1 fully saturated rings. The Balaban J connectivity index is 1.74. The number of hydrogen-bond acceptors (Lipinski definition) is 6. The van der Waals surface area contributed by atoms with E-state index in [1.165, 1.54) is 0 Å². The fraction of sp³-hybridized carbons (Fsp3) is 0.600. The van der Waals surface area contributed by atoms with Crippen LogP contribution in [0.5, 0.6) is 0 Å². The Kier molecular flexibility index (Phi) is 5.19. The second-order valence-electron chi connectivity index (χ2n) is 9.29. The zero-order valence-electron chi connectivity index (χ0n) is 18.1. The first-order valence-electron chi connectivity index (χ1n) is 9.61. The topological polar surface area (TPSA) is 102 Å². The van der Waals surface area contributed by atoms with Crippen molar-refractivity contribution in [1.82, 2.24) is 19.8 Å². The molecule has 0 bridgehead atoms. The number of aryl methyl sites for hydroxylation is 1. The molecule has 0 aromatic carbocycles. The third kappa shape index (κ3) is 4.44. The number of amides is 2. The van der Waals surface area contributed by atoms with Crippen LogP contribution in [-0.2, 0) is 11.8 Å². The van der Waals surface area contributed by atoms with Crippen LogP contribution in [-0.4, -0.2) is 50.5 Å². The highest BCUT2D eigenvalue weighted by atomic mass is 16.6. The van der Waals surface area contributed by atoms with E-state index < -0.39 is 11.7 Å². The van der Waals surface area contributed by atoms with Gasteiger partial charge in [-0.15, -0.1) is 0 Å². The first-order valence-corrected chi connectivity index (χ1v) is 9.61. The van der Waals surface area contributed by atoms with Crippen molar-refractivity contribution >= 4 is 17.9 Å². The van der Waals surface area contributed by atoms with E-state index in [0.717, 1.165) is 5.56 Å². The number of ether oxygens (including phenoxy) is 1. The molecule has 1 aliphatic heterocycles. The van der Waals surface area contributed by atoms with Gasteiger partial charge < -0.3 is 14.2 Å². The number of anilines is 1. The van der Waals surface area contributed by atoms with Crippen molar-refractivity contribution in [3.63, 3.8) is 0 Å². The van der Waals surface area contributed by atoms with Gasteiger partial charge in [0.2, 0.25) is 5.88 Å². The first kappa shape index (κ1) is 20.9. The summed E-state index contributed by atoms with van der Waals surface area (Å²) in [6.07, 6.45) is 3.18. The molecule has 1 aliphatic rings. The highest BCUT2D eigenvalue weighted by Crippen LogP contribution is 2.42. The number of carbonyl (C=O) groups excluding carboxylic acids is 2. The highest BCUT2D eigenvalue weighted by molar-refractivity contribution is 5.96. The van der Waals surface area contributed by atoms with Crippen LogP contribution in [0.4, 0.5) is 10.7 Å². The van der Waals surface area contributed by atoms with Gasteiger partial charge in [-0.25, -0.2) is 4.79 Å². The van der Waals surface area contributed by atoms with Gasteiger partial charge in [-0.1, -0.05) is 19.0 Å². The summed E-state index contributed by atoms with van der Waals surface area (Å²) in [5, 5.41) is 10.7. The van der Waals surface area contributed by atoms with Crippen molar-refractivity contribution in [2.45, 2.75) is 53.1 Å². The summed E-state index contributed by atoms with van der Waals surface area (Å²) in [7, 11) is 1.88. The predicted molar refractivity (Wildman–Crippen MR) is 107 cm³/mol. The largest absolute Gasteiger partial charge is 0.444 e. The van der Waals surface area contributed by atoms with Crippen LogP contribution in [0.2, 0.25) is 0 Å². The summed E-state index contributed by atoms with van der Waals surface area (Å²) in [5.74, 6) is 0.0690. The second-order valence-corrected chi connectivity index (χ2v) is 9.29. The third-order valence-corrected chi connectivity index (χ3v) is 5.10. The van der Waals surface area contributed by atoms with E-state index in [0.29, 0.717) is 18.7 Å². The lowest BCUT2D eigenvalue weighted by Crippen LogP contribution is -2.31. The Hall–Kier alpha value is -2.84. The van der Waals surface area contributed by atoms with Crippen molar-refractivity contribution in [2.75, 3.05) is 18.4 Å². The molecule has 9 nitrogen and oxygen atoms in total. The summed E-state index contributed by atoms with van der Waals surface area (Å²) in [6, 6.07) is 0. The fourth-order valence-electron chi connectivity index (χ4n) is 3.66. The van der Waals surface area contributed by atoms with Gasteiger partial charge in [0.1, 0.15) is 5.60 Å². The molecule has 2 aromatic heterocycles. The molecule has 3 rings (SSSR count). The molecule has 0 aliphatic carbocycles. The number of nitrogens with one attached hydrogen (secondary N) is 1. The van der Waals surface area contributed by atoms with Gasteiger partial charge in [0.15, 0.2) is 5.69 Å². The Morgan fingerprint density at radius 2 is 2.03 bits per heavy atom. The molecular weight excluding hydrogens is 374 g/mol. The molecule has 1 N–H and O–H groups in total. The minimum absolute atomic E-state index is 0.103. The zero-order valence-corrected chi connectivity index (χ0v) is 18.1. The van der Waals surface area contributed by atoms with Crippen LogP contribution in [0, 0.1) is 12.3 Å². The number of nitrogens with zero attached hydrogens (tertiary/aromatic N) is 4. The highest BCUT2D eigenvalue weighted by Gasteiger charge is 2.43. The minimum atomic E-state index is -0.658. The van der Waals surface area contributed by atoms with E-state index >= 15 is 0 Å². The maximum atomic E-state index is 13.1. The summed E-state index contributed by atoms with van der Waals surface area (Å²) in [5.41, 5.74) is 1.03. The van der Waals surface area contributed by atoms with Crippen LogP contribution in [0.3, 0.4) is 0 Å². The van der Waals surface area contributed by atoms with Gasteiger partial charge in [-0.3, -0.25) is 14.8 Å². The molecule has 2 aromatic rings. The molecular formula is C20H29N5O4. The van der Waals surface area contributed by atoms with E-state index in [1.807, 2.05) is 19.4 Å². The van der Waals surface area contributed by atoms with Crippen molar-refractivity contribution in [1.29, 1.82) is 0 Å². The van der Waals surface area contributed by atoms with Gasteiger partial charge in [0, 0.05) is 37.8 Å². The molecule has 0 saturated carbocycles. The molecule has 1 unspecified atom stereocenters. The van der Waals surface area contributed by atoms with Gasteiger partial charge in [-0.05, 0) is 38.7 Å². The summed E-state index contributed by atoms with van der Waals surface area (Å²) < 4.78 is 12.2. The van der Waals surface area contributed by atoms with Crippen molar-refractivity contribution in [2.24, 2.45) is 12.5 Å². The van der Waals surface area contributed by atoms with E-state index in [2.05, 4.69) is 29.4 Å². The Morgan fingerprint density at radius 1 is 1.34 bits per heavy atom. The molecule has 3 heterocycles. The zero-order chi connectivity index (χ0) is 21.6. The van der Waals surface area contributed by atoms with Crippen LogP contribution in [0.15, 0.2) is 16.9 Å². The Morgan fingerprint density at radius 3 is 2.62 bits per heavy atom. The van der Waals surface area contributed by atoms with E-state index in [1.54, 1.807) is 37.3 Å². The molecule has 1 saturated heterocycles. The number of aromatic nitrogens is 3. The Labute approximate surface area is 170 Å². The molecule has 0 radical (unpaired) electrons. The average Bonchev–Trinajstić information content (AvgIpc) is 3.23. The summed E-state index contributed by atoms with van der Waals surface area (Å²) in [6.45, 7) is 12.4. The molecule has 9 heteroatoms. The van der Waals surface area contributed by atoms with Crippen LogP contribution >= 0.6 is 0 Å². The van der Waals surface area contributed by atoms with Crippen LogP contribution in [0.1, 0.15) is 62.2 Å². The molecule has 29 heavy (non-hydrogen) atoms. The van der Waals surface area contributed by atoms with E-state index in [9.17, 15) is 9.59 Å². The van der Waals surface area contributed by atoms with Crippen molar-refractivity contribution < 1.29 is 18.8 Å².